The van der Waals surface area contributed by atoms with E-state index >= 15 is 0 Å². The van der Waals surface area contributed by atoms with Crippen molar-refractivity contribution in [3.05, 3.63) is 52.3 Å². The molecule has 0 unspecified atom stereocenters. The van der Waals surface area contributed by atoms with Crippen LogP contribution in [0.3, 0.4) is 0 Å². The first-order chi connectivity index (χ1) is 9.11. The SMILES string of the molecule is COC(=O)c1ccc(-c2ccc([N+](=O)[O-])cn2)nc1. The molecule has 0 atom stereocenters. The smallest absolute Gasteiger partial charge is 0.339 e. The summed E-state index contributed by atoms with van der Waals surface area (Å²) in [7, 11) is 1.29. The lowest BCUT2D eigenvalue weighted by Crippen LogP contribution is -2.01. The molecule has 2 rings (SSSR count). The number of carbonyl (C=O) groups excluding carboxylic acids is 1. The van der Waals surface area contributed by atoms with Crippen LogP contribution >= 0.6 is 0 Å². The van der Waals surface area contributed by atoms with Gasteiger partial charge in [-0.15, -0.1) is 0 Å². The molecule has 0 aliphatic carbocycles. The highest BCUT2D eigenvalue weighted by Gasteiger charge is 2.09. The predicted molar refractivity (Wildman–Crippen MR) is 65.5 cm³/mol. The Balaban J connectivity index is 2.27. The lowest BCUT2D eigenvalue weighted by molar-refractivity contribution is -0.385. The Hall–Kier alpha value is -2.83. The Morgan fingerprint density at radius 2 is 1.79 bits per heavy atom. The van der Waals surface area contributed by atoms with Gasteiger partial charge in [-0.3, -0.25) is 15.1 Å². The molecule has 0 spiro atoms. The molecule has 7 heteroatoms. The van der Waals surface area contributed by atoms with Crippen molar-refractivity contribution >= 4 is 11.7 Å². The Labute approximate surface area is 108 Å². The topological polar surface area (TPSA) is 95.2 Å². The van der Waals surface area contributed by atoms with Crippen LogP contribution in [0.2, 0.25) is 0 Å². The number of nitro groups is 1. The van der Waals surface area contributed by atoms with Gasteiger partial charge in [-0.25, -0.2) is 9.78 Å². The molecule has 0 radical (unpaired) electrons. The van der Waals surface area contributed by atoms with Crippen molar-refractivity contribution in [2.45, 2.75) is 0 Å². The number of esters is 1. The molecule has 2 heterocycles. The average molecular weight is 259 g/mol. The number of pyridine rings is 2. The maximum absolute atomic E-state index is 11.2. The van der Waals surface area contributed by atoms with Crippen LogP contribution < -0.4 is 0 Å². The summed E-state index contributed by atoms with van der Waals surface area (Å²) in [6, 6.07) is 5.99. The zero-order chi connectivity index (χ0) is 13.8. The number of rotatable bonds is 3. The van der Waals surface area contributed by atoms with Crippen molar-refractivity contribution < 1.29 is 14.5 Å². The molecule has 0 fully saturated rings. The van der Waals surface area contributed by atoms with Gasteiger partial charge in [-0.05, 0) is 18.2 Å². The number of nitrogens with zero attached hydrogens (tertiary/aromatic N) is 3. The molecule has 0 aliphatic rings. The standard InChI is InChI=1S/C12H9N3O4/c1-19-12(16)8-2-4-10(13-6-8)11-5-3-9(7-14-11)15(17)18/h2-7H,1H3. The summed E-state index contributed by atoms with van der Waals surface area (Å²) >= 11 is 0. The minimum atomic E-state index is -0.523. The molecule has 0 N–H and O–H groups in total. The number of ether oxygens (including phenoxy) is 1. The third kappa shape index (κ3) is 2.71. The van der Waals surface area contributed by atoms with Crippen LogP contribution in [0, 0.1) is 10.1 Å². The fraction of sp³-hybridized carbons (Fsp3) is 0.0833. The van der Waals surface area contributed by atoms with E-state index in [1.54, 1.807) is 12.1 Å². The van der Waals surface area contributed by atoms with E-state index in [-0.39, 0.29) is 5.69 Å². The molecule has 2 aromatic heterocycles. The zero-order valence-electron chi connectivity index (χ0n) is 9.94. The fourth-order valence-electron chi connectivity index (χ4n) is 1.43. The maximum Gasteiger partial charge on any atom is 0.339 e. The number of hydrogen-bond acceptors (Lipinski definition) is 6. The fourth-order valence-corrected chi connectivity index (χ4v) is 1.43. The van der Waals surface area contributed by atoms with E-state index in [4.69, 9.17) is 0 Å². The second-order valence-corrected chi connectivity index (χ2v) is 3.58. The lowest BCUT2D eigenvalue weighted by atomic mass is 10.2. The summed E-state index contributed by atoms with van der Waals surface area (Å²) < 4.78 is 4.55. The molecule has 0 aliphatic heterocycles. The molecule has 96 valence electrons. The van der Waals surface area contributed by atoms with Gasteiger partial charge in [-0.1, -0.05) is 0 Å². The minimum absolute atomic E-state index is 0.0880. The Morgan fingerprint density at radius 3 is 2.21 bits per heavy atom. The van der Waals surface area contributed by atoms with Gasteiger partial charge in [0.25, 0.3) is 5.69 Å². The van der Waals surface area contributed by atoms with Crippen LogP contribution in [-0.4, -0.2) is 28.0 Å². The number of methoxy groups -OCH3 is 1. The summed E-state index contributed by atoms with van der Waals surface area (Å²) in [6.45, 7) is 0. The highest BCUT2D eigenvalue weighted by molar-refractivity contribution is 5.89. The van der Waals surface area contributed by atoms with E-state index < -0.39 is 10.9 Å². The molecule has 7 nitrogen and oxygen atoms in total. The van der Waals surface area contributed by atoms with E-state index in [0.717, 1.165) is 6.20 Å². The molecule has 19 heavy (non-hydrogen) atoms. The van der Waals surface area contributed by atoms with Crippen LogP contribution in [0.25, 0.3) is 11.4 Å². The molecular formula is C12H9N3O4. The monoisotopic (exact) mass is 259 g/mol. The van der Waals surface area contributed by atoms with Crippen molar-refractivity contribution in [1.82, 2.24) is 9.97 Å². The Kier molecular flexibility index (Phi) is 3.46. The van der Waals surface area contributed by atoms with Crippen molar-refractivity contribution in [3.63, 3.8) is 0 Å². The Morgan fingerprint density at radius 1 is 1.16 bits per heavy atom. The molecule has 2 aromatic rings. The van der Waals surface area contributed by atoms with Gasteiger partial charge in [0.05, 0.1) is 29.0 Å². The van der Waals surface area contributed by atoms with Gasteiger partial charge < -0.3 is 4.74 Å². The minimum Gasteiger partial charge on any atom is -0.465 e. The van der Waals surface area contributed by atoms with Gasteiger partial charge in [0.15, 0.2) is 0 Å². The highest BCUT2D eigenvalue weighted by Crippen LogP contribution is 2.17. The van der Waals surface area contributed by atoms with E-state index in [0.29, 0.717) is 17.0 Å². The predicted octanol–water partition coefficient (Wildman–Crippen LogP) is 1.84. The second-order valence-electron chi connectivity index (χ2n) is 3.58. The van der Waals surface area contributed by atoms with Gasteiger partial charge >= 0.3 is 5.97 Å². The normalized spacial score (nSPS) is 9.95. The molecule has 0 bridgehead atoms. The molecule has 0 amide bonds. The van der Waals surface area contributed by atoms with Crippen LogP contribution in [0.4, 0.5) is 5.69 Å². The van der Waals surface area contributed by atoms with Gasteiger partial charge in [-0.2, -0.15) is 0 Å². The van der Waals surface area contributed by atoms with Gasteiger partial charge in [0, 0.05) is 12.3 Å². The largest absolute Gasteiger partial charge is 0.465 e. The highest BCUT2D eigenvalue weighted by atomic mass is 16.6. The van der Waals surface area contributed by atoms with Crippen molar-refractivity contribution in [3.8, 4) is 11.4 Å². The van der Waals surface area contributed by atoms with E-state index in [9.17, 15) is 14.9 Å². The number of aromatic nitrogens is 2. The summed E-state index contributed by atoms with van der Waals surface area (Å²) in [5.41, 5.74) is 1.24. The van der Waals surface area contributed by atoms with Crippen LogP contribution in [0.15, 0.2) is 36.7 Å². The summed E-state index contributed by atoms with van der Waals surface area (Å²) in [5, 5.41) is 10.5. The molecular weight excluding hydrogens is 250 g/mol. The maximum atomic E-state index is 11.2. The quantitative estimate of drug-likeness (QED) is 0.474. The Bertz CT molecular complexity index is 608. The summed E-state index contributed by atoms with van der Waals surface area (Å²) in [6.07, 6.45) is 2.52. The molecule has 0 aromatic carbocycles. The van der Waals surface area contributed by atoms with Crippen LogP contribution in [-0.2, 0) is 4.74 Å². The molecule has 0 saturated carbocycles. The number of hydrogen-bond donors (Lipinski definition) is 0. The third-order valence-corrected chi connectivity index (χ3v) is 2.41. The third-order valence-electron chi connectivity index (χ3n) is 2.41. The van der Waals surface area contributed by atoms with Crippen molar-refractivity contribution in [2.24, 2.45) is 0 Å². The van der Waals surface area contributed by atoms with E-state index in [1.165, 1.54) is 25.4 Å². The van der Waals surface area contributed by atoms with Gasteiger partial charge in [0.2, 0.25) is 0 Å². The molecule has 0 saturated heterocycles. The van der Waals surface area contributed by atoms with Crippen LogP contribution in [0.1, 0.15) is 10.4 Å². The first-order valence-corrected chi connectivity index (χ1v) is 5.27. The van der Waals surface area contributed by atoms with Crippen LogP contribution in [0.5, 0.6) is 0 Å². The lowest BCUT2D eigenvalue weighted by Gasteiger charge is -2.01. The first-order valence-electron chi connectivity index (χ1n) is 5.27. The summed E-state index contributed by atoms with van der Waals surface area (Å²) in [4.78, 5) is 29.2. The van der Waals surface area contributed by atoms with E-state index in [2.05, 4.69) is 14.7 Å². The first kappa shape index (κ1) is 12.6. The van der Waals surface area contributed by atoms with Gasteiger partial charge in [0.1, 0.15) is 6.20 Å². The summed E-state index contributed by atoms with van der Waals surface area (Å²) in [5.74, 6) is -0.476. The average Bonchev–Trinajstić information content (AvgIpc) is 2.46. The van der Waals surface area contributed by atoms with E-state index in [1.807, 2.05) is 0 Å². The second kappa shape index (κ2) is 5.21. The van der Waals surface area contributed by atoms with Crippen molar-refractivity contribution in [1.29, 1.82) is 0 Å². The zero-order valence-corrected chi connectivity index (χ0v) is 9.94. The number of carbonyl (C=O) groups is 1. The van der Waals surface area contributed by atoms with Crippen molar-refractivity contribution in [2.75, 3.05) is 7.11 Å².